The monoisotopic (exact) mass is 262 g/mol. The summed E-state index contributed by atoms with van der Waals surface area (Å²) in [5, 5.41) is 9.68. The fraction of sp³-hybridized carbons (Fsp3) is 0.727. The van der Waals surface area contributed by atoms with Crippen molar-refractivity contribution in [1.29, 1.82) is 0 Å². The second-order valence-corrected chi connectivity index (χ2v) is 5.85. The van der Waals surface area contributed by atoms with E-state index in [1.54, 1.807) is 21.1 Å². The van der Waals surface area contributed by atoms with Gasteiger partial charge in [0.05, 0.1) is 34.0 Å². The summed E-state index contributed by atoms with van der Waals surface area (Å²) in [6.07, 6.45) is -0.741. The summed E-state index contributed by atoms with van der Waals surface area (Å²) in [6, 6.07) is 0. The van der Waals surface area contributed by atoms with Crippen molar-refractivity contribution in [3.05, 3.63) is 0 Å². The van der Waals surface area contributed by atoms with E-state index in [1.807, 2.05) is 0 Å². The molecule has 0 radical (unpaired) electrons. The number of carbonyl (C=O) groups is 3. The predicted octanol–water partition coefficient (Wildman–Crippen LogP) is -0.182. The van der Waals surface area contributed by atoms with Crippen LogP contribution in [0.15, 0.2) is 0 Å². The summed E-state index contributed by atoms with van der Waals surface area (Å²) in [5.74, 6) is -0.957. The lowest BCUT2D eigenvalue weighted by molar-refractivity contribution is -0.875. The first-order valence-electron chi connectivity index (χ1n) is 5.24. The fourth-order valence-electron chi connectivity index (χ4n) is 1.67. The van der Waals surface area contributed by atoms with Gasteiger partial charge in [-0.2, -0.15) is 0 Å². The maximum Gasteiger partial charge on any atom is 0.189 e. The Hall–Kier alpha value is -0.720. The van der Waals surface area contributed by atoms with Gasteiger partial charge >= 0.3 is 0 Å². The molecule has 0 aromatic heterocycles. The molecule has 0 heterocycles. The molecule has 0 saturated carbocycles. The maximum atomic E-state index is 11.8. The Kier molecular flexibility index (Phi) is 5.51. The number of likely N-dealkylation sites (N-methyl/N-ethyl adjacent to an activating group) is 1. The van der Waals surface area contributed by atoms with E-state index in [-0.39, 0.29) is 25.2 Å². The van der Waals surface area contributed by atoms with Crippen molar-refractivity contribution < 1.29 is 24.0 Å². The lowest BCUT2D eigenvalue weighted by Crippen LogP contribution is -2.54. The van der Waals surface area contributed by atoms with Crippen LogP contribution in [-0.4, -0.2) is 59.6 Å². The summed E-state index contributed by atoms with van der Waals surface area (Å²) >= 11 is 3.58. The molecule has 0 spiro atoms. The molecule has 0 aliphatic carbocycles. The highest BCUT2D eigenvalue weighted by atomic mass is 32.1. The van der Waals surface area contributed by atoms with Gasteiger partial charge < -0.3 is 9.59 Å². The van der Waals surface area contributed by atoms with Crippen LogP contribution in [0.4, 0.5) is 0 Å². The van der Waals surface area contributed by atoms with Crippen molar-refractivity contribution in [2.75, 3.05) is 27.7 Å². The van der Waals surface area contributed by atoms with Gasteiger partial charge in [0.25, 0.3) is 0 Å². The summed E-state index contributed by atoms with van der Waals surface area (Å²) in [5.41, 5.74) is -1.82. The zero-order chi connectivity index (χ0) is 13.9. The molecule has 0 amide bonds. The third-order valence-corrected chi connectivity index (χ3v) is 2.27. The van der Waals surface area contributed by atoms with E-state index in [1.165, 1.54) is 6.92 Å². The lowest BCUT2D eigenvalue weighted by atomic mass is 9.90. The second-order valence-electron chi connectivity index (χ2n) is 5.35. The Morgan fingerprint density at radius 2 is 1.71 bits per heavy atom. The van der Waals surface area contributed by atoms with Gasteiger partial charge in [0.2, 0.25) is 0 Å². The number of carbonyl (C=O) groups excluding carboxylic acids is 3. The molecule has 1 unspecified atom stereocenters. The van der Waals surface area contributed by atoms with Crippen molar-refractivity contribution >= 4 is 29.3 Å². The molecule has 5 nitrogen and oxygen atoms in total. The maximum absolute atomic E-state index is 11.8. The van der Waals surface area contributed by atoms with E-state index in [9.17, 15) is 19.5 Å². The minimum Gasteiger partial charge on any atom is -0.376 e. The minimum atomic E-state index is -1.82. The highest BCUT2D eigenvalue weighted by molar-refractivity contribution is 7.96. The molecule has 17 heavy (non-hydrogen) atoms. The summed E-state index contributed by atoms with van der Waals surface area (Å²) < 4.78 is 0.307. The highest BCUT2D eigenvalue weighted by Gasteiger charge is 2.42. The third kappa shape index (κ3) is 6.55. The number of hydrogen-bond acceptors (Lipinski definition) is 4. The average Bonchev–Trinajstić information content (AvgIpc) is 1.96. The first kappa shape index (κ1) is 16.3. The molecule has 0 fully saturated rings. The molecule has 0 aromatic rings. The van der Waals surface area contributed by atoms with Crippen molar-refractivity contribution in [3.8, 4) is 0 Å². The Balaban J connectivity index is 5.02. The van der Waals surface area contributed by atoms with E-state index < -0.39 is 16.5 Å². The number of ketones is 2. The van der Waals surface area contributed by atoms with Crippen molar-refractivity contribution in [2.45, 2.75) is 25.4 Å². The van der Waals surface area contributed by atoms with Gasteiger partial charge in [-0.3, -0.25) is 14.4 Å². The minimum absolute atomic E-state index is 0.0609. The number of hydrogen-bond donors (Lipinski definition) is 2. The van der Waals surface area contributed by atoms with E-state index in [0.717, 1.165) is 0 Å². The van der Waals surface area contributed by atoms with Crippen molar-refractivity contribution in [1.82, 2.24) is 0 Å². The Morgan fingerprint density at radius 3 is 2.00 bits per heavy atom. The van der Waals surface area contributed by atoms with Crippen LogP contribution in [0.25, 0.3) is 0 Å². The van der Waals surface area contributed by atoms with Gasteiger partial charge in [-0.05, 0) is 6.92 Å². The summed E-state index contributed by atoms with van der Waals surface area (Å²) in [4.78, 5) is 33.7. The standard InChI is InChI=1S/C11H19NO4S/c1-8(13)5-9(14)11(16,6-10(15)17)7-12(2,3)4/h16H,5-7H2,1-4H3/p+1. The fourth-order valence-corrected chi connectivity index (χ4v) is 1.93. The van der Waals surface area contributed by atoms with Crippen LogP contribution in [0, 0.1) is 0 Å². The van der Waals surface area contributed by atoms with E-state index in [4.69, 9.17) is 0 Å². The van der Waals surface area contributed by atoms with Gasteiger partial charge in [-0.1, -0.05) is 0 Å². The second kappa shape index (κ2) is 5.75. The molecule has 6 heteroatoms. The molecule has 98 valence electrons. The van der Waals surface area contributed by atoms with Crippen LogP contribution in [0.3, 0.4) is 0 Å². The molecule has 0 aliphatic heterocycles. The van der Waals surface area contributed by atoms with E-state index in [0.29, 0.717) is 4.48 Å². The Bertz CT molecular complexity index is 335. The van der Waals surface area contributed by atoms with E-state index in [2.05, 4.69) is 12.6 Å². The van der Waals surface area contributed by atoms with Gasteiger partial charge in [-0.25, -0.2) is 0 Å². The van der Waals surface area contributed by atoms with Crippen LogP contribution < -0.4 is 0 Å². The van der Waals surface area contributed by atoms with Crippen LogP contribution in [-0.2, 0) is 14.4 Å². The molecule has 0 aromatic carbocycles. The summed E-state index contributed by atoms with van der Waals surface area (Å²) in [6.45, 7) is 1.33. The first-order chi connectivity index (χ1) is 7.46. The number of aliphatic hydroxyl groups is 1. The molecule has 0 saturated heterocycles. The summed E-state index contributed by atoms with van der Waals surface area (Å²) in [7, 11) is 5.36. The zero-order valence-corrected chi connectivity index (χ0v) is 11.6. The smallest absolute Gasteiger partial charge is 0.189 e. The number of quaternary nitrogens is 1. The van der Waals surface area contributed by atoms with Gasteiger partial charge in [0.1, 0.15) is 12.3 Å². The van der Waals surface area contributed by atoms with Gasteiger partial charge in [0.15, 0.2) is 16.5 Å². The number of thiol groups is 1. The van der Waals surface area contributed by atoms with Crippen molar-refractivity contribution in [2.24, 2.45) is 0 Å². The molecular weight excluding hydrogens is 242 g/mol. The van der Waals surface area contributed by atoms with Crippen LogP contribution in [0.2, 0.25) is 0 Å². The Morgan fingerprint density at radius 1 is 1.24 bits per heavy atom. The van der Waals surface area contributed by atoms with E-state index >= 15 is 0 Å². The van der Waals surface area contributed by atoms with Crippen LogP contribution >= 0.6 is 12.6 Å². The van der Waals surface area contributed by atoms with Gasteiger partial charge in [0, 0.05) is 0 Å². The van der Waals surface area contributed by atoms with Crippen LogP contribution in [0.5, 0.6) is 0 Å². The molecule has 1 N–H and O–H groups in total. The first-order valence-corrected chi connectivity index (χ1v) is 5.68. The SMILES string of the molecule is CC(=O)CC(=O)C(O)(CC(=O)S)C[N+](C)(C)C. The lowest BCUT2D eigenvalue weighted by Gasteiger charge is -2.33. The van der Waals surface area contributed by atoms with Crippen molar-refractivity contribution in [3.63, 3.8) is 0 Å². The quantitative estimate of drug-likeness (QED) is 0.379. The molecular formula is C11H20NO4S+. The highest BCUT2D eigenvalue weighted by Crippen LogP contribution is 2.19. The zero-order valence-electron chi connectivity index (χ0n) is 10.7. The number of rotatable bonds is 7. The number of Topliss-reactive ketones (excluding diaryl/α,β-unsaturated/α-hetero) is 2. The molecule has 1 atom stereocenters. The largest absolute Gasteiger partial charge is 0.376 e. The molecule has 0 bridgehead atoms. The third-order valence-electron chi connectivity index (χ3n) is 2.11. The normalized spacial score (nSPS) is 15.2. The van der Waals surface area contributed by atoms with Gasteiger partial charge in [-0.15, -0.1) is 12.6 Å². The topological polar surface area (TPSA) is 71.4 Å². The molecule has 0 rings (SSSR count). The average molecular weight is 262 g/mol. The Labute approximate surface area is 107 Å². The predicted molar refractivity (Wildman–Crippen MR) is 66.8 cm³/mol. The molecule has 0 aliphatic rings. The van der Waals surface area contributed by atoms with Crippen LogP contribution in [0.1, 0.15) is 19.8 Å². The number of nitrogens with zero attached hydrogens (tertiary/aromatic N) is 1.